The topological polar surface area (TPSA) is 78.9 Å². The van der Waals surface area contributed by atoms with E-state index in [9.17, 15) is 14.7 Å². The number of carbonyl (C=O) groups is 2. The Bertz CT molecular complexity index is 984. The normalized spacial score (nSPS) is 30.1. The fourth-order valence-corrected chi connectivity index (χ4v) is 5.22. The second-order valence-corrected chi connectivity index (χ2v) is 8.25. The molecular weight excluding hydrogens is 368 g/mol. The van der Waals surface area contributed by atoms with Gasteiger partial charge < -0.3 is 20.1 Å². The molecule has 6 heteroatoms. The molecule has 0 bridgehead atoms. The van der Waals surface area contributed by atoms with E-state index in [2.05, 4.69) is 5.32 Å². The molecule has 2 N–H and O–H groups in total. The van der Waals surface area contributed by atoms with Crippen LogP contribution < -0.4 is 10.1 Å². The Morgan fingerprint density at radius 3 is 2.76 bits per heavy atom. The van der Waals surface area contributed by atoms with Gasteiger partial charge in [0, 0.05) is 18.2 Å². The number of amides is 2. The van der Waals surface area contributed by atoms with Crippen LogP contribution in [0, 0.1) is 5.92 Å². The van der Waals surface area contributed by atoms with Crippen LogP contribution >= 0.6 is 0 Å². The predicted molar refractivity (Wildman–Crippen MR) is 108 cm³/mol. The van der Waals surface area contributed by atoms with Gasteiger partial charge in [0.25, 0.3) is 0 Å². The number of carbonyl (C=O) groups excluding carboxylic acids is 2. The van der Waals surface area contributed by atoms with Gasteiger partial charge in [-0.3, -0.25) is 9.59 Å². The van der Waals surface area contributed by atoms with E-state index in [4.69, 9.17) is 4.74 Å². The number of methoxy groups -OCH3 is 1. The SMILES string of the molecule is COc1cccc(C2N(C(=O)C3CC(O)C3)CCC23C(=O)Nc2ccccc23)c1. The third kappa shape index (κ3) is 2.59. The van der Waals surface area contributed by atoms with Gasteiger partial charge in [0.1, 0.15) is 11.2 Å². The summed E-state index contributed by atoms with van der Waals surface area (Å²) in [6.07, 6.45) is 1.16. The zero-order chi connectivity index (χ0) is 20.2. The standard InChI is InChI=1S/C23H24N2O4/c1-29-17-6-4-5-14(13-17)20-23(18-7-2-3-8-19(18)24-22(23)28)9-10-25(20)21(27)15-11-16(26)12-15/h2-8,13,15-16,20,26H,9-12H2,1H3,(H,24,28). The predicted octanol–water partition coefficient (Wildman–Crippen LogP) is 2.63. The fourth-order valence-electron chi connectivity index (χ4n) is 5.22. The maximum Gasteiger partial charge on any atom is 0.237 e. The number of fused-ring (bicyclic) bond motifs is 2. The Balaban J connectivity index is 1.63. The summed E-state index contributed by atoms with van der Waals surface area (Å²) in [5, 5.41) is 12.7. The average Bonchev–Trinajstić information content (AvgIpc) is 3.25. The lowest BCUT2D eigenvalue weighted by Crippen LogP contribution is -2.47. The van der Waals surface area contributed by atoms with Crippen LogP contribution in [-0.4, -0.2) is 41.6 Å². The van der Waals surface area contributed by atoms with Crippen molar-refractivity contribution >= 4 is 17.5 Å². The van der Waals surface area contributed by atoms with Gasteiger partial charge in [-0.15, -0.1) is 0 Å². The summed E-state index contributed by atoms with van der Waals surface area (Å²) in [7, 11) is 1.61. The zero-order valence-electron chi connectivity index (χ0n) is 16.3. The summed E-state index contributed by atoms with van der Waals surface area (Å²) < 4.78 is 5.41. The van der Waals surface area contributed by atoms with Gasteiger partial charge in [0.2, 0.25) is 11.8 Å². The molecule has 2 amide bonds. The van der Waals surface area contributed by atoms with Gasteiger partial charge in [-0.25, -0.2) is 0 Å². The second kappa shape index (κ2) is 6.59. The molecule has 29 heavy (non-hydrogen) atoms. The minimum absolute atomic E-state index is 0.0252. The molecule has 0 aromatic heterocycles. The van der Waals surface area contributed by atoms with Crippen LogP contribution in [0.4, 0.5) is 5.69 Å². The Labute approximate surface area is 169 Å². The molecule has 2 fully saturated rings. The number of para-hydroxylation sites is 1. The number of hydrogen-bond acceptors (Lipinski definition) is 4. The first kappa shape index (κ1) is 18.2. The van der Waals surface area contributed by atoms with E-state index in [0.29, 0.717) is 31.6 Å². The largest absolute Gasteiger partial charge is 0.497 e. The first-order valence-electron chi connectivity index (χ1n) is 10.1. The first-order valence-corrected chi connectivity index (χ1v) is 10.1. The quantitative estimate of drug-likeness (QED) is 0.842. The van der Waals surface area contributed by atoms with Crippen LogP contribution in [0.25, 0.3) is 0 Å². The van der Waals surface area contributed by atoms with E-state index >= 15 is 0 Å². The summed E-state index contributed by atoms with van der Waals surface area (Å²) in [6, 6.07) is 15.0. The van der Waals surface area contributed by atoms with Crippen molar-refractivity contribution in [3.63, 3.8) is 0 Å². The lowest BCUT2D eigenvalue weighted by molar-refractivity contribution is -0.144. The molecule has 2 heterocycles. The maximum atomic E-state index is 13.3. The van der Waals surface area contributed by atoms with Gasteiger partial charge in [0.05, 0.1) is 19.3 Å². The molecule has 150 valence electrons. The highest BCUT2D eigenvalue weighted by molar-refractivity contribution is 6.07. The Hall–Kier alpha value is -2.86. The summed E-state index contributed by atoms with van der Waals surface area (Å²) in [4.78, 5) is 28.5. The minimum Gasteiger partial charge on any atom is -0.497 e. The van der Waals surface area contributed by atoms with Crippen molar-refractivity contribution < 1.29 is 19.4 Å². The number of nitrogens with one attached hydrogen (secondary N) is 1. The van der Waals surface area contributed by atoms with Crippen LogP contribution in [0.3, 0.4) is 0 Å². The van der Waals surface area contributed by atoms with E-state index in [0.717, 1.165) is 16.8 Å². The fraction of sp³-hybridized carbons (Fsp3) is 0.391. The molecule has 3 aliphatic rings. The van der Waals surface area contributed by atoms with E-state index in [1.807, 2.05) is 53.4 Å². The van der Waals surface area contributed by atoms with Crippen LogP contribution in [0.1, 0.15) is 36.4 Å². The minimum atomic E-state index is -0.818. The van der Waals surface area contributed by atoms with E-state index < -0.39 is 17.6 Å². The van der Waals surface area contributed by atoms with Crippen LogP contribution in [0.2, 0.25) is 0 Å². The van der Waals surface area contributed by atoms with Gasteiger partial charge in [-0.05, 0) is 48.6 Å². The number of rotatable bonds is 3. The van der Waals surface area contributed by atoms with Crippen molar-refractivity contribution in [3.8, 4) is 5.75 Å². The molecule has 2 aromatic carbocycles. The van der Waals surface area contributed by atoms with Crippen molar-refractivity contribution in [1.82, 2.24) is 4.90 Å². The molecule has 5 rings (SSSR count). The van der Waals surface area contributed by atoms with Gasteiger partial charge >= 0.3 is 0 Å². The van der Waals surface area contributed by atoms with E-state index in [1.165, 1.54) is 0 Å². The van der Waals surface area contributed by atoms with Gasteiger partial charge in [-0.1, -0.05) is 30.3 Å². The number of anilines is 1. The summed E-state index contributed by atoms with van der Waals surface area (Å²) >= 11 is 0. The highest BCUT2D eigenvalue weighted by Gasteiger charge is 2.60. The zero-order valence-corrected chi connectivity index (χ0v) is 16.3. The molecule has 1 spiro atoms. The molecule has 2 aromatic rings. The number of aliphatic hydroxyl groups is 1. The third-order valence-corrected chi connectivity index (χ3v) is 6.74. The lowest BCUT2D eigenvalue weighted by atomic mass is 9.72. The van der Waals surface area contributed by atoms with Crippen molar-refractivity contribution in [2.24, 2.45) is 5.92 Å². The molecular formula is C23H24N2O4. The highest BCUT2D eigenvalue weighted by atomic mass is 16.5. The van der Waals surface area contributed by atoms with Gasteiger partial charge in [0.15, 0.2) is 0 Å². The Morgan fingerprint density at radius 1 is 1.21 bits per heavy atom. The maximum absolute atomic E-state index is 13.3. The molecule has 0 radical (unpaired) electrons. The molecule has 2 atom stereocenters. The molecule has 2 unspecified atom stereocenters. The molecule has 1 aliphatic carbocycles. The number of nitrogens with zero attached hydrogens (tertiary/aromatic N) is 1. The molecule has 2 aliphatic heterocycles. The van der Waals surface area contributed by atoms with Crippen molar-refractivity contribution in [2.45, 2.75) is 36.8 Å². The number of ether oxygens (including phenoxy) is 1. The summed E-state index contributed by atoms with van der Waals surface area (Å²) in [5.74, 6) is 0.489. The van der Waals surface area contributed by atoms with Gasteiger partial charge in [-0.2, -0.15) is 0 Å². The van der Waals surface area contributed by atoms with Crippen LogP contribution in [-0.2, 0) is 15.0 Å². The van der Waals surface area contributed by atoms with Crippen LogP contribution in [0.15, 0.2) is 48.5 Å². The summed E-state index contributed by atoms with van der Waals surface area (Å²) in [6.45, 7) is 0.509. The smallest absolute Gasteiger partial charge is 0.237 e. The third-order valence-electron chi connectivity index (χ3n) is 6.74. The average molecular weight is 392 g/mol. The Morgan fingerprint density at radius 2 is 2.00 bits per heavy atom. The van der Waals surface area contributed by atoms with Crippen molar-refractivity contribution in [2.75, 3.05) is 19.0 Å². The monoisotopic (exact) mass is 392 g/mol. The number of likely N-dealkylation sites (tertiary alicyclic amines) is 1. The second-order valence-electron chi connectivity index (χ2n) is 8.25. The highest BCUT2D eigenvalue weighted by Crippen LogP contribution is 2.55. The first-order chi connectivity index (χ1) is 14.0. The van der Waals surface area contributed by atoms with E-state index in [1.54, 1.807) is 7.11 Å². The number of benzene rings is 2. The van der Waals surface area contributed by atoms with Crippen LogP contribution in [0.5, 0.6) is 5.75 Å². The molecule has 6 nitrogen and oxygen atoms in total. The number of hydrogen-bond donors (Lipinski definition) is 2. The Kier molecular flexibility index (Phi) is 4.13. The van der Waals surface area contributed by atoms with E-state index in [-0.39, 0.29) is 17.7 Å². The molecule has 1 saturated carbocycles. The summed E-state index contributed by atoms with van der Waals surface area (Å²) in [5.41, 5.74) is 1.84. The lowest BCUT2D eigenvalue weighted by Gasteiger charge is -2.39. The van der Waals surface area contributed by atoms with Crippen molar-refractivity contribution in [1.29, 1.82) is 0 Å². The van der Waals surface area contributed by atoms with Crippen molar-refractivity contribution in [3.05, 3.63) is 59.7 Å². The molecule has 1 saturated heterocycles. The number of aliphatic hydroxyl groups excluding tert-OH is 1.